The van der Waals surface area contributed by atoms with Crippen LogP contribution < -0.4 is 5.32 Å². The Morgan fingerprint density at radius 3 is 2.44 bits per heavy atom. The molecule has 3 nitrogen and oxygen atoms in total. The van der Waals surface area contributed by atoms with Crippen molar-refractivity contribution < 1.29 is 9.47 Å². The zero-order valence-electron chi connectivity index (χ0n) is 12.5. The third-order valence-corrected chi connectivity index (χ3v) is 3.92. The first-order valence-electron chi connectivity index (χ1n) is 7.44. The van der Waals surface area contributed by atoms with E-state index in [4.69, 9.17) is 9.47 Å². The van der Waals surface area contributed by atoms with E-state index < -0.39 is 0 Å². The third-order valence-electron chi connectivity index (χ3n) is 3.92. The summed E-state index contributed by atoms with van der Waals surface area (Å²) in [6, 6.07) is 0.757. The van der Waals surface area contributed by atoms with Crippen LogP contribution in [0.15, 0.2) is 0 Å². The van der Waals surface area contributed by atoms with Gasteiger partial charge in [0.05, 0.1) is 13.2 Å². The summed E-state index contributed by atoms with van der Waals surface area (Å²) in [5, 5.41) is 3.68. The summed E-state index contributed by atoms with van der Waals surface area (Å²) < 4.78 is 10.4. The molecule has 1 fully saturated rings. The van der Waals surface area contributed by atoms with Gasteiger partial charge in [-0.1, -0.05) is 13.8 Å². The first kappa shape index (κ1) is 15.9. The van der Waals surface area contributed by atoms with Crippen molar-refractivity contribution in [2.75, 3.05) is 33.5 Å². The number of rotatable bonds is 9. The third kappa shape index (κ3) is 7.34. The van der Waals surface area contributed by atoms with Crippen LogP contribution in [0, 0.1) is 5.41 Å². The second-order valence-corrected chi connectivity index (χ2v) is 6.20. The Bertz CT molecular complexity index is 197. The molecule has 0 saturated heterocycles. The number of hydrogen-bond acceptors (Lipinski definition) is 3. The maximum atomic E-state index is 5.44. The van der Waals surface area contributed by atoms with Crippen LogP contribution in [-0.4, -0.2) is 39.5 Å². The van der Waals surface area contributed by atoms with Crippen molar-refractivity contribution in [1.82, 2.24) is 5.32 Å². The van der Waals surface area contributed by atoms with Gasteiger partial charge in [0.25, 0.3) is 0 Å². The lowest BCUT2D eigenvalue weighted by Gasteiger charge is -2.34. The van der Waals surface area contributed by atoms with E-state index in [0.29, 0.717) is 12.0 Å². The number of methoxy groups -OCH3 is 1. The van der Waals surface area contributed by atoms with Crippen molar-refractivity contribution in [2.45, 2.75) is 58.4 Å². The average Bonchev–Trinajstić information content (AvgIpc) is 2.34. The fraction of sp³-hybridized carbons (Fsp3) is 1.00. The predicted octanol–water partition coefficient (Wildman–Crippen LogP) is 2.99. The number of hydrogen-bond donors (Lipinski definition) is 1. The highest BCUT2D eigenvalue weighted by molar-refractivity contribution is 4.81. The largest absolute Gasteiger partial charge is 0.382 e. The van der Waals surface area contributed by atoms with Gasteiger partial charge in [-0.05, 0) is 50.5 Å². The molecule has 0 heterocycles. The smallest absolute Gasteiger partial charge is 0.0700 e. The van der Waals surface area contributed by atoms with Gasteiger partial charge < -0.3 is 14.8 Å². The Kier molecular flexibility index (Phi) is 7.87. The zero-order chi connectivity index (χ0) is 13.3. The van der Waals surface area contributed by atoms with Gasteiger partial charge in [-0.2, -0.15) is 0 Å². The topological polar surface area (TPSA) is 30.5 Å². The highest BCUT2D eigenvalue weighted by atomic mass is 16.5. The Labute approximate surface area is 113 Å². The molecule has 0 aromatic heterocycles. The van der Waals surface area contributed by atoms with Crippen molar-refractivity contribution in [3.63, 3.8) is 0 Å². The highest BCUT2D eigenvalue weighted by Gasteiger charge is 2.26. The summed E-state index contributed by atoms with van der Waals surface area (Å²) in [4.78, 5) is 0. The van der Waals surface area contributed by atoms with Gasteiger partial charge in [-0.25, -0.2) is 0 Å². The van der Waals surface area contributed by atoms with Crippen molar-refractivity contribution in [3.8, 4) is 0 Å². The Hall–Kier alpha value is -0.120. The van der Waals surface area contributed by atoms with Crippen molar-refractivity contribution in [1.29, 1.82) is 0 Å². The van der Waals surface area contributed by atoms with E-state index >= 15 is 0 Å². The summed E-state index contributed by atoms with van der Waals surface area (Å²) in [7, 11) is 1.71. The molecule has 108 valence electrons. The summed E-state index contributed by atoms with van der Waals surface area (Å²) in [6.45, 7) is 8.21. The van der Waals surface area contributed by atoms with Gasteiger partial charge >= 0.3 is 0 Å². The predicted molar refractivity (Wildman–Crippen MR) is 76.0 cm³/mol. The van der Waals surface area contributed by atoms with Crippen molar-refractivity contribution in [2.24, 2.45) is 5.41 Å². The van der Waals surface area contributed by atoms with E-state index in [0.717, 1.165) is 32.2 Å². The van der Waals surface area contributed by atoms with Gasteiger partial charge in [-0.3, -0.25) is 0 Å². The zero-order valence-corrected chi connectivity index (χ0v) is 12.5. The minimum absolute atomic E-state index is 0.577. The fourth-order valence-corrected chi connectivity index (χ4v) is 2.48. The Morgan fingerprint density at radius 1 is 1.06 bits per heavy atom. The van der Waals surface area contributed by atoms with Crippen LogP contribution in [0.4, 0.5) is 0 Å². The molecule has 0 aromatic carbocycles. The van der Waals surface area contributed by atoms with Crippen LogP contribution in [0.2, 0.25) is 0 Å². The van der Waals surface area contributed by atoms with Gasteiger partial charge in [0, 0.05) is 19.8 Å². The SMILES string of the molecule is COCCOCCCCNC1CCC(C)(C)CC1. The van der Waals surface area contributed by atoms with E-state index in [1.54, 1.807) is 7.11 Å². The molecular weight excluding hydrogens is 226 g/mol. The molecule has 0 atom stereocenters. The quantitative estimate of drug-likeness (QED) is 0.644. The first-order valence-corrected chi connectivity index (χ1v) is 7.44. The summed E-state index contributed by atoms with van der Waals surface area (Å²) in [6.07, 6.45) is 7.78. The van der Waals surface area contributed by atoms with Gasteiger partial charge in [0.1, 0.15) is 0 Å². The van der Waals surface area contributed by atoms with Crippen molar-refractivity contribution >= 4 is 0 Å². The molecule has 1 aliphatic rings. The Morgan fingerprint density at radius 2 is 1.78 bits per heavy atom. The molecule has 18 heavy (non-hydrogen) atoms. The molecular formula is C15H31NO2. The van der Waals surface area contributed by atoms with E-state index in [-0.39, 0.29) is 0 Å². The van der Waals surface area contributed by atoms with Crippen molar-refractivity contribution in [3.05, 3.63) is 0 Å². The number of unbranched alkanes of at least 4 members (excludes halogenated alkanes) is 1. The molecule has 3 heteroatoms. The fourth-order valence-electron chi connectivity index (χ4n) is 2.48. The van der Waals surface area contributed by atoms with Crippen LogP contribution in [0.5, 0.6) is 0 Å². The normalized spacial score (nSPS) is 20.2. The van der Waals surface area contributed by atoms with Crippen LogP contribution in [0.3, 0.4) is 0 Å². The van der Waals surface area contributed by atoms with Gasteiger partial charge in [0.2, 0.25) is 0 Å². The molecule has 1 N–H and O–H groups in total. The van der Waals surface area contributed by atoms with E-state index in [1.807, 2.05) is 0 Å². The number of nitrogens with one attached hydrogen (secondary N) is 1. The first-order chi connectivity index (χ1) is 8.64. The molecule has 1 saturated carbocycles. The standard InChI is InChI=1S/C15H31NO2/c1-15(2)8-6-14(7-9-15)16-10-4-5-11-18-13-12-17-3/h14,16H,4-13H2,1-3H3. The minimum Gasteiger partial charge on any atom is -0.382 e. The van der Waals surface area contributed by atoms with Crippen LogP contribution in [0.1, 0.15) is 52.4 Å². The van der Waals surface area contributed by atoms with Crippen LogP contribution in [-0.2, 0) is 9.47 Å². The van der Waals surface area contributed by atoms with Crippen LogP contribution >= 0.6 is 0 Å². The number of ether oxygens (including phenoxy) is 2. The molecule has 1 aliphatic carbocycles. The molecule has 0 radical (unpaired) electrons. The maximum Gasteiger partial charge on any atom is 0.0700 e. The average molecular weight is 257 g/mol. The molecule has 0 spiro atoms. The van der Waals surface area contributed by atoms with E-state index in [2.05, 4.69) is 19.2 Å². The second kappa shape index (κ2) is 8.89. The molecule has 0 aromatic rings. The maximum absolute atomic E-state index is 5.44. The molecule has 1 rings (SSSR count). The lowest BCUT2D eigenvalue weighted by Crippen LogP contribution is -2.36. The van der Waals surface area contributed by atoms with Gasteiger partial charge in [0.15, 0.2) is 0 Å². The molecule has 0 amide bonds. The van der Waals surface area contributed by atoms with E-state index in [9.17, 15) is 0 Å². The lowest BCUT2D eigenvalue weighted by atomic mass is 9.75. The molecule has 0 aliphatic heterocycles. The van der Waals surface area contributed by atoms with Gasteiger partial charge in [-0.15, -0.1) is 0 Å². The van der Waals surface area contributed by atoms with E-state index in [1.165, 1.54) is 32.1 Å². The lowest BCUT2D eigenvalue weighted by molar-refractivity contribution is 0.0686. The Balaban J connectivity index is 1.87. The highest BCUT2D eigenvalue weighted by Crippen LogP contribution is 2.34. The van der Waals surface area contributed by atoms with Crippen LogP contribution in [0.25, 0.3) is 0 Å². The minimum atomic E-state index is 0.577. The summed E-state index contributed by atoms with van der Waals surface area (Å²) >= 11 is 0. The summed E-state index contributed by atoms with van der Waals surface area (Å²) in [5.41, 5.74) is 0.577. The molecule has 0 unspecified atom stereocenters. The monoisotopic (exact) mass is 257 g/mol. The second-order valence-electron chi connectivity index (χ2n) is 6.20. The summed E-state index contributed by atoms with van der Waals surface area (Å²) in [5.74, 6) is 0. The molecule has 0 bridgehead atoms.